The molecule has 5 aromatic carbocycles. The molecule has 0 spiro atoms. The van der Waals surface area contributed by atoms with Crippen LogP contribution < -0.4 is 10.1 Å². The van der Waals surface area contributed by atoms with Crippen LogP contribution in [0.15, 0.2) is 119 Å². The van der Waals surface area contributed by atoms with Crippen LogP contribution in [0, 0.1) is 0 Å². The van der Waals surface area contributed by atoms with E-state index in [0.29, 0.717) is 34.5 Å². The van der Waals surface area contributed by atoms with E-state index in [4.69, 9.17) is 4.74 Å². The van der Waals surface area contributed by atoms with Crippen LogP contribution in [0.25, 0.3) is 0 Å². The van der Waals surface area contributed by atoms with Gasteiger partial charge in [0, 0.05) is 32.2 Å². The molecule has 49 heavy (non-hydrogen) atoms. The van der Waals surface area contributed by atoms with E-state index >= 15 is 0 Å². The molecule has 0 amide bonds. The second-order valence-corrected chi connectivity index (χ2v) is 13.9. The number of unbranched alkanes of at least 4 members (excludes halogenated alkanes) is 5. The van der Waals surface area contributed by atoms with Crippen LogP contribution >= 0.6 is 11.8 Å². The van der Waals surface area contributed by atoms with Gasteiger partial charge in [-0.05, 0) is 90.9 Å². The number of rotatable bonds is 16. The Labute approximate surface area is 295 Å². The Morgan fingerprint density at radius 2 is 1.16 bits per heavy atom. The van der Waals surface area contributed by atoms with Crippen LogP contribution in [0.4, 0.5) is 11.4 Å². The Balaban J connectivity index is 1.12. The van der Waals surface area contributed by atoms with Gasteiger partial charge in [-0.2, -0.15) is 0 Å². The summed E-state index contributed by atoms with van der Waals surface area (Å²) in [6, 6.07) is 36.0. The van der Waals surface area contributed by atoms with Gasteiger partial charge in [0.05, 0.1) is 11.3 Å². The molecule has 0 aromatic heterocycles. The van der Waals surface area contributed by atoms with E-state index in [-0.39, 0.29) is 11.6 Å². The number of ketones is 2. The van der Waals surface area contributed by atoms with Crippen molar-refractivity contribution in [3.05, 3.63) is 148 Å². The van der Waals surface area contributed by atoms with E-state index in [9.17, 15) is 9.59 Å². The van der Waals surface area contributed by atoms with Crippen molar-refractivity contribution in [3.8, 4) is 5.75 Å². The van der Waals surface area contributed by atoms with Crippen molar-refractivity contribution >= 4 is 34.7 Å². The van der Waals surface area contributed by atoms with Gasteiger partial charge in [0.15, 0.2) is 11.6 Å². The zero-order chi connectivity index (χ0) is 34.0. The standard InChI is InChI=1S/C44H45NO3S/c1-3-5-7-8-9-13-32-22-24-34(25-23-32)45-39-16-10-14-37-41(39)43(46)38-15-11-17-40(42(38)44(37)47)49-36-28-26-35(27-29-36)48-30-33-20-18-31(19-21-33)12-6-4-2/h10-11,14-29,45H,3-9,12-13,30H2,1-2H3. The highest BCUT2D eigenvalue weighted by Crippen LogP contribution is 2.40. The Kier molecular flexibility index (Phi) is 11.7. The molecule has 0 heterocycles. The molecule has 0 fully saturated rings. The lowest BCUT2D eigenvalue weighted by molar-refractivity contribution is 0.0977. The molecular formula is C44H45NO3S. The molecule has 4 nitrogen and oxygen atoms in total. The average molecular weight is 668 g/mol. The number of ether oxygens (including phenoxy) is 1. The number of nitrogens with one attached hydrogen (secondary N) is 1. The minimum absolute atomic E-state index is 0.129. The fourth-order valence-corrected chi connectivity index (χ4v) is 7.30. The monoisotopic (exact) mass is 667 g/mol. The van der Waals surface area contributed by atoms with Gasteiger partial charge in [-0.1, -0.05) is 118 Å². The average Bonchev–Trinajstić information content (AvgIpc) is 3.13. The molecule has 6 rings (SSSR count). The number of hydrogen-bond acceptors (Lipinski definition) is 5. The SMILES string of the molecule is CCCCCCCc1ccc(Nc2cccc3c2C(=O)c2cccc(Sc4ccc(OCc5ccc(CCCC)cc5)cc4)c2C3=O)cc1. The van der Waals surface area contributed by atoms with Crippen molar-refractivity contribution < 1.29 is 14.3 Å². The quantitative estimate of drug-likeness (QED) is 0.104. The summed E-state index contributed by atoms with van der Waals surface area (Å²) in [6.07, 6.45) is 10.9. The minimum atomic E-state index is -0.138. The largest absolute Gasteiger partial charge is 0.489 e. The van der Waals surface area contributed by atoms with Gasteiger partial charge in [-0.15, -0.1) is 0 Å². The third-order valence-corrected chi connectivity index (χ3v) is 10.2. The lowest BCUT2D eigenvalue weighted by Crippen LogP contribution is -2.23. The molecule has 0 bridgehead atoms. The highest BCUT2D eigenvalue weighted by atomic mass is 32.2. The molecule has 0 saturated heterocycles. The maximum absolute atomic E-state index is 14.0. The predicted molar refractivity (Wildman–Crippen MR) is 202 cm³/mol. The van der Waals surface area contributed by atoms with E-state index in [0.717, 1.165) is 39.6 Å². The fourth-order valence-electron chi connectivity index (χ4n) is 6.32. The molecule has 0 radical (unpaired) electrons. The van der Waals surface area contributed by atoms with E-state index in [1.807, 2.05) is 48.5 Å². The van der Waals surface area contributed by atoms with Gasteiger partial charge in [0.1, 0.15) is 12.4 Å². The van der Waals surface area contributed by atoms with Crippen LogP contribution in [0.5, 0.6) is 5.75 Å². The number of benzene rings is 5. The summed E-state index contributed by atoms with van der Waals surface area (Å²) in [7, 11) is 0. The molecule has 1 aliphatic rings. The number of anilines is 2. The third kappa shape index (κ3) is 8.52. The molecule has 0 saturated carbocycles. The first-order chi connectivity index (χ1) is 24.0. The van der Waals surface area contributed by atoms with Crippen LogP contribution in [-0.4, -0.2) is 11.6 Å². The first-order valence-corrected chi connectivity index (χ1v) is 18.6. The number of fused-ring (bicyclic) bond motifs is 2. The maximum atomic E-state index is 14.0. The maximum Gasteiger partial charge on any atom is 0.196 e. The molecule has 5 aromatic rings. The zero-order valence-corrected chi connectivity index (χ0v) is 29.4. The minimum Gasteiger partial charge on any atom is -0.489 e. The van der Waals surface area contributed by atoms with Crippen LogP contribution in [-0.2, 0) is 19.4 Å². The molecule has 0 atom stereocenters. The van der Waals surface area contributed by atoms with E-state index in [2.05, 4.69) is 67.7 Å². The van der Waals surface area contributed by atoms with Gasteiger partial charge in [-0.3, -0.25) is 9.59 Å². The first kappa shape index (κ1) is 34.3. The summed E-state index contributed by atoms with van der Waals surface area (Å²) >= 11 is 1.49. The third-order valence-electron chi connectivity index (χ3n) is 9.14. The molecule has 1 aliphatic carbocycles. The Bertz CT molecular complexity index is 1880. The van der Waals surface area contributed by atoms with Crippen molar-refractivity contribution in [1.29, 1.82) is 0 Å². The van der Waals surface area contributed by atoms with Crippen molar-refractivity contribution in [1.82, 2.24) is 0 Å². The smallest absolute Gasteiger partial charge is 0.196 e. The lowest BCUT2D eigenvalue weighted by Gasteiger charge is -2.22. The molecule has 0 unspecified atom stereocenters. The highest BCUT2D eigenvalue weighted by molar-refractivity contribution is 7.99. The zero-order valence-electron chi connectivity index (χ0n) is 28.6. The highest BCUT2D eigenvalue weighted by Gasteiger charge is 2.33. The molecule has 1 N–H and O–H groups in total. The molecular weight excluding hydrogens is 623 g/mol. The van der Waals surface area contributed by atoms with Crippen LogP contribution in [0.3, 0.4) is 0 Å². The van der Waals surface area contributed by atoms with Crippen molar-refractivity contribution in [2.75, 3.05) is 5.32 Å². The van der Waals surface area contributed by atoms with Gasteiger partial charge < -0.3 is 10.1 Å². The Hall–Kier alpha value is -4.61. The predicted octanol–water partition coefficient (Wildman–Crippen LogP) is 11.8. The van der Waals surface area contributed by atoms with Crippen LogP contribution in [0.2, 0.25) is 0 Å². The van der Waals surface area contributed by atoms with Gasteiger partial charge in [-0.25, -0.2) is 0 Å². The van der Waals surface area contributed by atoms with E-state index < -0.39 is 0 Å². The van der Waals surface area contributed by atoms with Gasteiger partial charge >= 0.3 is 0 Å². The van der Waals surface area contributed by atoms with Crippen LogP contribution in [0.1, 0.15) is 107 Å². The van der Waals surface area contributed by atoms with E-state index in [1.54, 1.807) is 12.1 Å². The molecule has 0 aliphatic heterocycles. The van der Waals surface area contributed by atoms with Crippen molar-refractivity contribution in [3.63, 3.8) is 0 Å². The second-order valence-electron chi connectivity index (χ2n) is 12.8. The lowest BCUT2D eigenvalue weighted by atomic mass is 9.83. The molecule has 5 heteroatoms. The number of carbonyl (C=O) groups excluding carboxylic acids is 2. The first-order valence-electron chi connectivity index (χ1n) is 17.7. The second kappa shape index (κ2) is 16.7. The normalized spacial score (nSPS) is 12.0. The summed E-state index contributed by atoms with van der Waals surface area (Å²) in [5.74, 6) is 0.517. The summed E-state index contributed by atoms with van der Waals surface area (Å²) < 4.78 is 6.05. The summed E-state index contributed by atoms with van der Waals surface area (Å²) in [4.78, 5) is 29.7. The summed E-state index contributed by atoms with van der Waals surface area (Å²) in [5.41, 5.74) is 7.12. The van der Waals surface area contributed by atoms with Gasteiger partial charge in [0.2, 0.25) is 0 Å². The van der Waals surface area contributed by atoms with Crippen molar-refractivity contribution in [2.24, 2.45) is 0 Å². The van der Waals surface area contributed by atoms with Gasteiger partial charge in [0.25, 0.3) is 0 Å². The summed E-state index contributed by atoms with van der Waals surface area (Å²) in [5, 5.41) is 3.42. The van der Waals surface area contributed by atoms with E-state index in [1.165, 1.54) is 67.8 Å². The molecule has 250 valence electrons. The van der Waals surface area contributed by atoms with Crippen molar-refractivity contribution in [2.45, 2.75) is 88.0 Å². The fraction of sp³-hybridized carbons (Fsp3) is 0.273. The number of hydrogen-bond donors (Lipinski definition) is 1. The Morgan fingerprint density at radius 3 is 1.88 bits per heavy atom. The summed E-state index contributed by atoms with van der Waals surface area (Å²) in [6.45, 7) is 4.95. The number of carbonyl (C=O) groups is 2. The number of aryl methyl sites for hydroxylation is 2. The topological polar surface area (TPSA) is 55.4 Å². The Morgan fingerprint density at radius 1 is 0.571 bits per heavy atom.